The summed E-state index contributed by atoms with van der Waals surface area (Å²) < 4.78 is 26.5. The lowest BCUT2D eigenvalue weighted by molar-refractivity contribution is -0.0163. The van der Waals surface area contributed by atoms with Crippen LogP contribution in [0.5, 0.6) is 0 Å². The quantitative estimate of drug-likeness (QED) is 0.183. The summed E-state index contributed by atoms with van der Waals surface area (Å²) >= 11 is 4.48. The molecule has 0 aliphatic carbocycles. The van der Waals surface area contributed by atoms with Crippen LogP contribution in [0.15, 0.2) is 23.6 Å². The number of nitrogens with one attached hydrogen (secondary N) is 1. The maximum atomic E-state index is 12.0. The molecule has 3 N–H and O–H groups in total. The molecule has 38 heavy (non-hydrogen) atoms. The van der Waals surface area contributed by atoms with Gasteiger partial charge in [-0.2, -0.15) is 4.98 Å². The Labute approximate surface area is 224 Å². The van der Waals surface area contributed by atoms with Crippen molar-refractivity contribution in [2.45, 2.75) is 51.4 Å². The highest BCUT2D eigenvalue weighted by atomic mass is 32.7. The van der Waals surface area contributed by atoms with Crippen LogP contribution in [0.25, 0.3) is 22.3 Å². The number of fused-ring (bicyclic) bond motifs is 2. The van der Waals surface area contributed by atoms with E-state index < -0.39 is 18.8 Å². The molecule has 5 rings (SSSR count). The van der Waals surface area contributed by atoms with E-state index in [0.29, 0.717) is 35.6 Å². The number of hydrogen-bond acceptors (Lipinski definition) is 13. The molecule has 0 saturated carbocycles. The van der Waals surface area contributed by atoms with E-state index in [9.17, 15) is 9.59 Å². The maximum absolute atomic E-state index is 12.0. The summed E-state index contributed by atoms with van der Waals surface area (Å²) in [5, 5.41) is 0. The molecule has 5 atom stereocenters. The van der Waals surface area contributed by atoms with Gasteiger partial charge >= 0.3 is 5.71 Å². The van der Waals surface area contributed by atoms with Crippen molar-refractivity contribution in [3.8, 4) is 0 Å². The summed E-state index contributed by atoms with van der Waals surface area (Å²) in [6.45, 7) is 2.52. The minimum absolute atomic E-state index is 0.0135. The van der Waals surface area contributed by atoms with Crippen LogP contribution in [0.2, 0.25) is 0 Å². The molecule has 5 heterocycles. The van der Waals surface area contributed by atoms with Gasteiger partial charge in [0.15, 0.2) is 16.8 Å². The topological polar surface area (TPSA) is 187 Å². The number of rotatable bonds is 10. The highest BCUT2D eigenvalue weighted by Crippen LogP contribution is 2.45. The number of aromatic amines is 1. The number of hydrogen-bond donors (Lipinski definition) is 3. The number of anilines is 1. The van der Waals surface area contributed by atoms with Gasteiger partial charge in [0.1, 0.15) is 30.5 Å². The molecule has 0 amide bonds. The first kappa shape index (κ1) is 26.9. The second kappa shape index (κ2) is 11.6. The van der Waals surface area contributed by atoms with Crippen molar-refractivity contribution in [2.75, 3.05) is 12.3 Å². The third kappa shape index (κ3) is 5.95. The fourth-order valence-corrected chi connectivity index (χ4v) is 5.65. The molecule has 0 aromatic carbocycles. The van der Waals surface area contributed by atoms with Gasteiger partial charge in [0.2, 0.25) is 13.5 Å². The summed E-state index contributed by atoms with van der Waals surface area (Å²) in [5.41, 5.74) is 6.56. The zero-order valence-corrected chi connectivity index (χ0v) is 23.1. The minimum atomic E-state index is -1.52. The molecule has 1 aliphatic heterocycles. The van der Waals surface area contributed by atoms with Gasteiger partial charge in [-0.3, -0.25) is 14.3 Å². The van der Waals surface area contributed by atoms with Crippen LogP contribution in [0.1, 0.15) is 31.8 Å². The molecule has 15 nitrogen and oxygen atoms in total. The van der Waals surface area contributed by atoms with Gasteiger partial charge in [-0.05, 0) is 29.0 Å². The lowest BCUT2D eigenvalue weighted by Gasteiger charge is -2.21. The van der Waals surface area contributed by atoms with E-state index in [1.165, 1.54) is 12.7 Å². The molecule has 1 saturated heterocycles. The van der Waals surface area contributed by atoms with Crippen LogP contribution >= 0.6 is 29.1 Å². The Kier molecular flexibility index (Phi) is 8.17. The fourth-order valence-electron chi connectivity index (χ4n) is 4.15. The van der Waals surface area contributed by atoms with Gasteiger partial charge in [-0.15, -0.1) is 0 Å². The maximum Gasteiger partial charge on any atom is 0.320 e. The third-order valence-corrected chi connectivity index (χ3v) is 7.47. The molecule has 202 valence electrons. The number of carbonyl (C=O) groups excluding carboxylic acids is 1. The van der Waals surface area contributed by atoms with E-state index in [0.717, 1.165) is 6.42 Å². The lowest BCUT2D eigenvalue weighted by Crippen LogP contribution is -2.19. The normalized spacial score (nSPS) is 19.2. The number of nitrogens with zero attached hydrogens (tertiary/aromatic N) is 7. The number of ether oxygens (including phenoxy) is 2. The van der Waals surface area contributed by atoms with Crippen molar-refractivity contribution in [3.63, 3.8) is 0 Å². The monoisotopic (exact) mass is 581 g/mol. The molecule has 2 unspecified atom stereocenters. The van der Waals surface area contributed by atoms with E-state index in [-0.39, 0.29) is 43.1 Å². The van der Waals surface area contributed by atoms with Crippen molar-refractivity contribution in [1.29, 1.82) is 0 Å². The molecule has 18 heteroatoms. The van der Waals surface area contributed by atoms with Gasteiger partial charge in [-0.1, -0.05) is 12.2 Å². The molecule has 1 aliphatic rings. The van der Waals surface area contributed by atoms with Crippen LogP contribution in [-0.4, -0.2) is 63.6 Å². The standard InChI is InChI=1S/C20H25N9O6P2S/c1-10(5-28-13(7-32-20(31)36)25-12-4-22-8-23-16(12)28)35-37(38)33-6-11-2-3-14(34-11)29-9-24-15-17(29)26-19(21)27-18(15)30/h4,8-11,14,38H,2-3,5-7,36H2,1H3,(H3,21,26,27,30)/t10-,11-,14+,37?/m0/s1. The Hall–Kier alpha value is -2.74. The molecule has 4 aromatic heterocycles. The van der Waals surface area contributed by atoms with Crippen LogP contribution in [0.4, 0.5) is 10.7 Å². The smallest absolute Gasteiger partial charge is 0.320 e. The van der Waals surface area contributed by atoms with E-state index in [2.05, 4.69) is 42.2 Å². The Morgan fingerprint density at radius 2 is 2.21 bits per heavy atom. The summed E-state index contributed by atoms with van der Waals surface area (Å²) in [5.74, 6) is 0.537. The Balaban J connectivity index is 1.15. The summed E-state index contributed by atoms with van der Waals surface area (Å²) in [6, 6.07) is 0. The number of H-pyrrole nitrogens is 1. The highest BCUT2D eigenvalue weighted by Gasteiger charge is 2.29. The SMILES string of the molecule is C[C@@H](Cn1c(COC(=O)P)nc2cncnc21)OP(S)OC[C@@H]1CC[C@H](n2cnc3c(=O)[nH]c(N)nc32)O1. The van der Waals surface area contributed by atoms with Crippen LogP contribution in [0, 0.1) is 0 Å². The van der Waals surface area contributed by atoms with Crippen LogP contribution < -0.4 is 11.3 Å². The van der Waals surface area contributed by atoms with Gasteiger partial charge in [-0.25, -0.2) is 24.7 Å². The molecule has 0 spiro atoms. The third-order valence-electron chi connectivity index (χ3n) is 5.76. The number of carbonyl (C=O) groups is 1. The van der Waals surface area contributed by atoms with E-state index >= 15 is 0 Å². The molecular formula is C20H25N9O6P2S. The Bertz CT molecular complexity index is 1510. The van der Waals surface area contributed by atoms with Crippen LogP contribution in [0.3, 0.4) is 0 Å². The zero-order valence-electron chi connectivity index (χ0n) is 20.1. The van der Waals surface area contributed by atoms with E-state index in [1.54, 1.807) is 10.8 Å². The van der Waals surface area contributed by atoms with Crippen molar-refractivity contribution >= 4 is 63.1 Å². The number of imidazole rings is 2. The van der Waals surface area contributed by atoms with Crippen molar-refractivity contribution in [2.24, 2.45) is 0 Å². The van der Waals surface area contributed by atoms with Gasteiger partial charge < -0.3 is 28.8 Å². The second-order valence-electron chi connectivity index (χ2n) is 8.49. The Morgan fingerprint density at radius 3 is 3.03 bits per heavy atom. The molecule has 0 bridgehead atoms. The van der Waals surface area contributed by atoms with Crippen molar-refractivity contribution in [3.05, 3.63) is 35.0 Å². The first-order valence-corrected chi connectivity index (χ1v) is 14.4. The zero-order chi connectivity index (χ0) is 26.8. The number of aromatic nitrogens is 8. The van der Waals surface area contributed by atoms with Gasteiger partial charge in [0.25, 0.3) is 5.56 Å². The summed E-state index contributed by atoms with van der Waals surface area (Å²) in [6.07, 6.45) is 5.10. The number of nitrogens with two attached hydrogens (primary N) is 1. The second-order valence-corrected chi connectivity index (χ2v) is 10.9. The van der Waals surface area contributed by atoms with E-state index in [4.69, 9.17) is 24.3 Å². The molecular weight excluding hydrogens is 556 g/mol. The van der Waals surface area contributed by atoms with E-state index in [1.807, 2.05) is 20.7 Å². The van der Waals surface area contributed by atoms with Crippen molar-refractivity contribution < 1.29 is 23.3 Å². The number of nitrogen functional groups attached to an aromatic ring is 1. The molecule has 4 aromatic rings. The van der Waals surface area contributed by atoms with Crippen molar-refractivity contribution in [1.82, 2.24) is 39.0 Å². The molecule has 1 fully saturated rings. The summed E-state index contributed by atoms with van der Waals surface area (Å²) in [4.78, 5) is 46.8. The predicted molar refractivity (Wildman–Crippen MR) is 143 cm³/mol. The largest absolute Gasteiger partial charge is 0.455 e. The predicted octanol–water partition coefficient (Wildman–Crippen LogP) is 2.31. The molecule has 0 radical (unpaired) electrons. The average molecular weight is 581 g/mol. The average Bonchev–Trinajstić information content (AvgIpc) is 3.59. The minimum Gasteiger partial charge on any atom is -0.455 e. The fraction of sp³-hybridized carbons (Fsp3) is 0.450. The number of thiol groups is 1. The first-order valence-electron chi connectivity index (χ1n) is 11.5. The first-order chi connectivity index (χ1) is 18.3. The van der Waals surface area contributed by atoms with Gasteiger partial charge in [0, 0.05) is 0 Å². The van der Waals surface area contributed by atoms with Gasteiger partial charge in [0.05, 0.1) is 37.9 Å². The Morgan fingerprint density at radius 1 is 1.37 bits per heavy atom. The lowest BCUT2D eigenvalue weighted by atomic mass is 10.2. The summed E-state index contributed by atoms with van der Waals surface area (Å²) in [7, 11) is 0.446. The highest BCUT2D eigenvalue weighted by molar-refractivity contribution is 8.41. The van der Waals surface area contributed by atoms with Crippen LogP contribution in [-0.2, 0) is 31.7 Å².